The standard InChI is InChI=1S/C16H15Cl2N/c17-13-5-6-15(18)12(9-13)10-16(19)8-7-11-3-1-2-4-14(11)16/h1-6,9H,7-8,10,19H2. The summed E-state index contributed by atoms with van der Waals surface area (Å²) < 4.78 is 0. The lowest BCUT2D eigenvalue weighted by atomic mass is 9.86. The van der Waals surface area contributed by atoms with Crippen LogP contribution < -0.4 is 5.73 Å². The molecule has 19 heavy (non-hydrogen) atoms. The van der Waals surface area contributed by atoms with Crippen LogP contribution in [-0.4, -0.2) is 0 Å². The van der Waals surface area contributed by atoms with Crippen LogP contribution in [0.2, 0.25) is 10.0 Å². The molecular weight excluding hydrogens is 277 g/mol. The third kappa shape index (κ3) is 2.38. The number of hydrogen-bond acceptors (Lipinski definition) is 1. The van der Waals surface area contributed by atoms with E-state index in [4.69, 9.17) is 28.9 Å². The summed E-state index contributed by atoms with van der Waals surface area (Å²) in [6, 6.07) is 14.0. The Morgan fingerprint density at radius 1 is 1.11 bits per heavy atom. The molecule has 0 amide bonds. The Kier molecular flexibility index (Phi) is 3.30. The van der Waals surface area contributed by atoms with Gasteiger partial charge in [0.2, 0.25) is 0 Å². The van der Waals surface area contributed by atoms with Gasteiger partial charge in [0, 0.05) is 15.6 Å². The van der Waals surface area contributed by atoms with Crippen LogP contribution >= 0.6 is 23.2 Å². The van der Waals surface area contributed by atoms with Crippen molar-refractivity contribution in [3.63, 3.8) is 0 Å². The lowest BCUT2D eigenvalue weighted by molar-refractivity contribution is 0.439. The van der Waals surface area contributed by atoms with Crippen LogP contribution in [0.3, 0.4) is 0 Å². The molecule has 0 fully saturated rings. The molecule has 1 aliphatic rings. The number of rotatable bonds is 2. The van der Waals surface area contributed by atoms with E-state index in [0.717, 1.165) is 29.8 Å². The first kappa shape index (κ1) is 13.0. The average molecular weight is 292 g/mol. The van der Waals surface area contributed by atoms with Crippen molar-refractivity contribution in [3.8, 4) is 0 Å². The first-order valence-electron chi connectivity index (χ1n) is 6.40. The third-order valence-corrected chi connectivity index (χ3v) is 4.51. The van der Waals surface area contributed by atoms with Crippen molar-refractivity contribution in [2.75, 3.05) is 0 Å². The quantitative estimate of drug-likeness (QED) is 0.875. The van der Waals surface area contributed by atoms with Crippen LogP contribution in [0, 0.1) is 0 Å². The van der Waals surface area contributed by atoms with E-state index in [-0.39, 0.29) is 5.54 Å². The molecule has 0 saturated heterocycles. The van der Waals surface area contributed by atoms with Gasteiger partial charge < -0.3 is 5.73 Å². The number of hydrogen-bond donors (Lipinski definition) is 1. The molecule has 2 aromatic rings. The smallest absolute Gasteiger partial charge is 0.0456 e. The molecule has 0 saturated carbocycles. The predicted octanol–water partition coefficient (Wildman–Crippen LogP) is 4.34. The van der Waals surface area contributed by atoms with E-state index < -0.39 is 0 Å². The average Bonchev–Trinajstić information content (AvgIpc) is 2.73. The number of fused-ring (bicyclic) bond motifs is 1. The fourth-order valence-corrected chi connectivity index (χ4v) is 3.30. The maximum Gasteiger partial charge on any atom is 0.0456 e. The van der Waals surface area contributed by atoms with Gasteiger partial charge in [0.1, 0.15) is 0 Å². The van der Waals surface area contributed by atoms with Crippen molar-refractivity contribution in [2.45, 2.75) is 24.8 Å². The molecule has 2 aromatic carbocycles. The molecule has 98 valence electrons. The van der Waals surface area contributed by atoms with Gasteiger partial charge in [-0.05, 0) is 54.2 Å². The highest BCUT2D eigenvalue weighted by atomic mass is 35.5. The van der Waals surface area contributed by atoms with Crippen LogP contribution in [0.5, 0.6) is 0 Å². The molecular formula is C16H15Cl2N. The molecule has 0 heterocycles. The summed E-state index contributed by atoms with van der Waals surface area (Å²) in [6.07, 6.45) is 2.71. The van der Waals surface area contributed by atoms with Gasteiger partial charge in [-0.15, -0.1) is 0 Å². The lowest BCUT2D eigenvalue weighted by Gasteiger charge is -2.26. The Hall–Kier alpha value is -1.02. The van der Waals surface area contributed by atoms with E-state index in [1.807, 2.05) is 18.2 Å². The van der Waals surface area contributed by atoms with Crippen LogP contribution in [0.15, 0.2) is 42.5 Å². The van der Waals surface area contributed by atoms with Crippen LogP contribution in [0.1, 0.15) is 23.1 Å². The molecule has 3 rings (SSSR count). The molecule has 3 heteroatoms. The normalized spacial score (nSPS) is 21.4. The predicted molar refractivity (Wildman–Crippen MR) is 80.8 cm³/mol. The largest absolute Gasteiger partial charge is 0.321 e. The molecule has 0 bridgehead atoms. The van der Waals surface area contributed by atoms with E-state index in [0.29, 0.717) is 5.02 Å². The zero-order valence-electron chi connectivity index (χ0n) is 10.5. The van der Waals surface area contributed by atoms with Gasteiger partial charge in [-0.25, -0.2) is 0 Å². The van der Waals surface area contributed by atoms with Gasteiger partial charge in [0.05, 0.1) is 0 Å². The number of aryl methyl sites for hydroxylation is 1. The van der Waals surface area contributed by atoms with Gasteiger partial charge in [0.25, 0.3) is 0 Å². The van der Waals surface area contributed by atoms with E-state index in [2.05, 4.69) is 18.2 Å². The summed E-state index contributed by atoms with van der Waals surface area (Å²) in [6.45, 7) is 0. The van der Waals surface area contributed by atoms with Crippen molar-refractivity contribution >= 4 is 23.2 Å². The van der Waals surface area contributed by atoms with Crippen LogP contribution in [0.4, 0.5) is 0 Å². The lowest BCUT2D eigenvalue weighted by Crippen LogP contribution is -2.36. The highest BCUT2D eigenvalue weighted by molar-refractivity contribution is 6.33. The van der Waals surface area contributed by atoms with E-state index in [1.165, 1.54) is 11.1 Å². The minimum absolute atomic E-state index is 0.328. The van der Waals surface area contributed by atoms with E-state index in [9.17, 15) is 0 Å². The van der Waals surface area contributed by atoms with Crippen molar-refractivity contribution in [1.29, 1.82) is 0 Å². The van der Waals surface area contributed by atoms with Gasteiger partial charge >= 0.3 is 0 Å². The molecule has 1 aliphatic carbocycles. The van der Waals surface area contributed by atoms with Crippen LogP contribution in [0.25, 0.3) is 0 Å². The molecule has 0 spiro atoms. The van der Waals surface area contributed by atoms with Crippen molar-refractivity contribution in [3.05, 3.63) is 69.2 Å². The Bertz CT molecular complexity index is 624. The van der Waals surface area contributed by atoms with Gasteiger partial charge in [-0.1, -0.05) is 47.5 Å². The topological polar surface area (TPSA) is 26.0 Å². The summed E-state index contributed by atoms with van der Waals surface area (Å²) in [5.74, 6) is 0. The second-order valence-electron chi connectivity index (χ2n) is 5.23. The Balaban J connectivity index is 1.98. The van der Waals surface area contributed by atoms with Crippen molar-refractivity contribution < 1.29 is 0 Å². The highest BCUT2D eigenvalue weighted by Gasteiger charge is 2.35. The molecule has 0 radical (unpaired) electrons. The minimum atomic E-state index is -0.328. The van der Waals surface area contributed by atoms with Gasteiger partial charge in [0.15, 0.2) is 0 Å². The molecule has 1 unspecified atom stereocenters. The first-order valence-corrected chi connectivity index (χ1v) is 7.15. The summed E-state index contributed by atoms with van der Waals surface area (Å²) in [5.41, 5.74) is 9.90. The first-order chi connectivity index (χ1) is 9.08. The second-order valence-corrected chi connectivity index (χ2v) is 6.07. The van der Waals surface area contributed by atoms with Gasteiger partial charge in [-0.3, -0.25) is 0 Å². The van der Waals surface area contributed by atoms with E-state index in [1.54, 1.807) is 6.07 Å². The summed E-state index contributed by atoms with van der Waals surface area (Å²) in [4.78, 5) is 0. The zero-order valence-corrected chi connectivity index (χ0v) is 12.0. The molecule has 0 aromatic heterocycles. The highest BCUT2D eigenvalue weighted by Crippen LogP contribution is 2.38. The van der Waals surface area contributed by atoms with E-state index >= 15 is 0 Å². The molecule has 1 atom stereocenters. The molecule has 2 N–H and O–H groups in total. The fourth-order valence-electron chi connectivity index (χ4n) is 2.92. The third-order valence-electron chi connectivity index (χ3n) is 3.91. The summed E-state index contributed by atoms with van der Waals surface area (Å²) >= 11 is 12.3. The van der Waals surface area contributed by atoms with Gasteiger partial charge in [-0.2, -0.15) is 0 Å². The second kappa shape index (κ2) is 4.82. The minimum Gasteiger partial charge on any atom is -0.321 e. The summed E-state index contributed by atoms with van der Waals surface area (Å²) in [5, 5.41) is 1.44. The Morgan fingerprint density at radius 2 is 1.89 bits per heavy atom. The Labute approximate surface area is 123 Å². The fraction of sp³-hybridized carbons (Fsp3) is 0.250. The molecule has 1 nitrogen and oxygen atoms in total. The van der Waals surface area contributed by atoms with Crippen LogP contribution in [-0.2, 0) is 18.4 Å². The SMILES string of the molecule is NC1(Cc2cc(Cl)ccc2Cl)CCc2ccccc21. The Morgan fingerprint density at radius 3 is 2.74 bits per heavy atom. The number of halogens is 2. The molecule has 0 aliphatic heterocycles. The van der Waals surface area contributed by atoms with Crippen molar-refractivity contribution in [1.82, 2.24) is 0 Å². The summed E-state index contributed by atoms with van der Waals surface area (Å²) in [7, 11) is 0. The number of benzene rings is 2. The number of nitrogens with two attached hydrogens (primary N) is 1. The monoisotopic (exact) mass is 291 g/mol. The zero-order chi connectivity index (χ0) is 13.5. The maximum absolute atomic E-state index is 6.62. The van der Waals surface area contributed by atoms with Crippen molar-refractivity contribution in [2.24, 2.45) is 5.73 Å². The maximum atomic E-state index is 6.62.